The van der Waals surface area contributed by atoms with Gasteiger partial charge in [0.2, 0.25) is 0 Å². The molecule has 0 saturated carbocycles. The lowest BCUT2D eigenvalue weighted by atomic mass is 10.4. The first kappa shape index (κ1) is 10.9. The molecule has 0 spiro atoms. The molecule has 0 aliphatic carbocycles. The Morgan fingerprint density at radius 3 is 2.69 bits per heavy atom. The Kier molecular flexibility index (Phi) is 4.11. The van der Waals surface area contributed by atoms with Crippen LogP contribution in [0.3, 0.4) is 0 Å². The summed E-state index contributed by atoms with van der Waals surface area (Å²) in [5.41, 5.74) is 0.886. The number of hydrogen-bond donors (Lipinski definition) is 0. The fourth-order valence-corrected chi connectivity index (χ4v) is 1.08. The number of rotatable bonds is 4. The van der Waals surface area contributed by atoms with Crippen molar-refractivity contribution in [3.05, 3.63) is 11.9 Å². The van der Waals surface area contributed by atoms with Gasteiger partial charge in [-0.2, -0.15) is 0 Å². The predicted octanol–water partition coefficient (Wildman–Crippen LogP) is 2.16. The summed E-state index contributed by atoms with van der Waals surface area (Å²) in [6.07, 6.45) is 2.15. The van der Waals surface area contributed by atoms with E-state index in [0.717, 1.165) is 5.69 Å². The lowest BCUT2D eigenvalue weighted by Gasteiger charge is -2.03. The van der Waals surface area contributed by atoms with Crippen molar-refractivity contribution in [2.24, 2.45) is 0 Å². The molecule has 13 heavy (non-hydrogen) atoms. The molecular weight excluding hydrogens is 281 g/mol. The molecule has 1 heterocycles. The fourth-order valence-electron chi connectivity index (χ4n) is 0.805. The first-order valence-electron chi connectivity index (χ1n) is 4.26. The normalized spacial score (nSPS) is 13.6. The highest BCUT2D eigenvalue weighted by molar-refractivity contribution is 14.1. The van der Waals surface area contributed by atoms with E-state index in [1.54, 1.807) is 0 Å². The molecule has 0 bridgehead atoms. The van der Waals surface area contributed by atoms with E-state index in [1.807, 2.05) is 24.7 Å². The van der Waals surface area contributed by atoms with Crippen LogP contribution in [0, 0.1) is 0 Å². The Hall–Kier alpha value is -0.170. The Morgan fingerprint density at radius 2 is 2.23 bits per heavy atom. The number of ether oxygens (including phenoxy) is 1. The molecule has 74 valence electrons. The lowest BCUT2D eigenvalue weighted by molar-refractivity contribution is 0.0635. The van der Waals surface area contributed by atoms with Crippen LogP contribution in [0.4, 0.5) is 0 Å². The quantitative estimate of drug-likeness (QED) is 0.631. The van der Waals surface area contributed by atoms with E-state index < -0.39 is 0 Å². The van der Waals surface area contributed by atoms with Crippen LogP contribution in [0.2, 0.25) is 0 Å². The second kappa shape index (κ2) is 4.90. The van der Waals surface area contributed by atoms with Gasteiger partial charge in [0.25, 0.3) is 0 Å². The number of hydrogen-bond acceptors (Lipinski definition) is 3. The minimum absolute atomic E-state index is 0.238. The van der Waals surface area contributed by atoms with Crippen molar-refractivity contribution >= 4 is 22.6 Å². The van der Waals surface area contributed by atoms with Crippen LogP contribution in [0.5, 0.6) is 0 Å². The van der Waals surface area contributed by atoms with Crippen molar-refractivity contribution < 1.29 is 4.74 Å². The van der Waals surface area contributed by atoms with Gasteiger partial charge in [-0.1, -0.05) is 27.8 Å². The van der Waals surface area contributed by atoms with E-state index in [2.05, 4.69) is 39.8 Å². The fraction of sp³-hybridized carbons (Fsp3) is 0.750. The standard InChI is InChI=1S/C8H14IN3O/c1-6(2)13-5-8-4-12(7(3)9)11-10-8/h4,6-7H,5H2,1-3H3/t7-/m1/s1. The molecule has 5 heteroatoms. The average molecular weight is 295 g/mol. The van der Waals surface area contributed by atoms with E-state index in [1.165, 1.54) is 0 Å². The van der Waals surface area contributed by atoms with Gasteiger partial charge < -0.3 is 4.74 Å². The van der Waals surface area contributed by atoms with Gasteiger partial charge in [-0.25, -0.2) is 4.68 Å². The third-order valence-electron chi connectivity index (χ3n) is 1.49. The van der Waals surface area contributed by atoms with Crippen molar-refractivity contribution in [3.8, 4) is 0 Å². The molecule has 0 unspecified atom stereocenters. The second-order valence-electron chi connectivity index (χ2n) is 3.12. The molecule has 1 atom stereocenters. The third kappa shape index (κ3) is 3.60. The molecule has 0 aromatic carbocycles. The predicted molar refractivity (Wildman–Crippen MR) is 58.7 cm³/mol. The minimum atomic E-state index is 0.238. The molecule has 0 aliphatic rings. The van der Waals surface area contributed by atoms with Gasteiger partial charge in [0.1, 0.15) is 9.74 Å². The summed E-state index contributed by atoms with van der Waals surface area (Å²) in [5, 5.41) is 7.97. The summed E-state index contributed by atoms with van der Waals surface area (Å²) in [6.45, 7) is 6.61. The molecule has 1 aromatic heterocycles. The minimum Gasteiger partial charge on any atom is -0.372 e. The van der Waals surface area contributed by atoms with E-state index in [9.17, 15) is 0 Å². The maximum atomic E-state index is 5.40. The Balaban J connectivity index is 2.49. The highest BCUT2D eigenvalue weighted by Gasteiger charge is 2.04. The first-order valence-corrected chi connectivity index (χ1v) is 5.50. The number of aromatic nitrogens is 3. The van der Waals surface area contributed by atoms with Crippen LogP contribution in [-0.4, -0.2) is 21.1 Å². The zero-order valence-corrected chi connectivity index (χ0v) is 10.2. The highest BCUT2D eigenvalue weighted by atomic mass is 127. The molecule has 4 nitrogen and oxygen atoms in total. The maximum Gasteiger partial charge on any atom is 0.108 e. The van der Waals surface area contributed by atoms with Crippen LogP contribution >= 0.6 is 22.6 Å². The largest absolute Gasteiger partial charge is 0.372 e. The summed E-state index contributed by atoms with van der Waals surface area (Å²) >= 11 is 2.28. The zero-order valence-electron chi connectivity index (χ0n) is 8.07. The van der Waals surface area contributed by atoms with Crippen molar-refractivity contribution in [2.45, 2.75) is 37.5 Å². The topological polar surface area (TPSA) is 39.9 Å². The highest BCUT2D eigenvalue weighted by Crippen LogP contribution is 2.12. The van der Waals surface area contributed by atoms with Gasteiger partial charge in [-0.3, -0.25) is 0 Å². The van der Waals surface area contributed by atoms with Gasteiger partial charge in [0.15, 0.2) is 0 Å². The van der Waals surface area contributed by atoms with Crippen LogP contribution in [0.25, 0.3) is 0 Å². The van der Waals surface area contributed by atoms with Gasteiger partial charge >= 0.3 is 0 Å². The molecule has 1 rings (SSSR count). The van der Waals surface area contributed by atoms with Crippen LogP contribution in [0.15, 0.2) is 6.20 Å². The van der Waals surface area contributed by atoms with Gasteiger partial charge in [-0.05, 0) is 20.8 Å². The monoisotopic (exact) mass is 295 g/mol. The smallest absolute Gasteiger partial charge is 0.108 e. The van der Waals surface area contributed by atoms with Crippen LogP contribution in [-0.2, 0) is 11.3 Å². The average Bonchev–Trinajstić information content (AvgIpc) is 2.48. The Labute approximate surface area is 91.8 Å². The van der Waals surface area contributed by atoms with Crippen LogP contribution < -0.4 is 0 Å². The summed E-state index contributed by atoms with van der Waals surface area (Å²) in [5.74, 6) is 0. The summed E-state index contributed by atoms with van der Waals surface area (Å²) in [6, 6.07) is 0. The summed E-state index contributed by atoms with van der Waals surface area (Å²) < 4.78 is 7.55. The summed E-state index contributed by atoms with van der Waals surface area (Å²) in [7, 11) is 0. The van der Waals surface area contributed by atoms with Gasteiger partial charge in [-0.15, -0.1) is 5.10 Å². The van der Waals surface area contributed by atoms with E-state index >= 15 is 0 Å². The molecule has 1 aromatic rings. The van der Waals surface area contributed by atoms with E-state index in [-0.39, 0.29) is 6.10 Å². The Bertz CT molecular complexity index is 260. The van der Waals surface area contributed by atoms with Gasteiger partial charge in [0.05, 0.1) is 18.9 Å². The molecule has 0 fully saturated rings. The van der Waals surface area contributed by atoms with Crippen molar-refractivity contribution in [3.63, 3.8) is 0 Å². The number of halogens is 1. The zero-order chi connectivity index (χ0) is 9.84. The van der Waals surface area contributed by atoms with Crippen molar-refractivity contribution in [1.29, 1.82) is 0 Å². The van der Waals surface area contributed by atoms with Crippen molar-refractivity contribution in [1.82, 2.24) is 15.0 Å². The number of nitrogens with zero attached hydrogens (tertiary/aromatic N) is 3. The van der Waals surface area contributed by atoms with E-state index in [0.29, 0.717) is 10.7 Å². The third-order valence-corrected chi connectivity index (χ3v) is 2.06. The Morgan fingerprint density at radius 1 is 1.54 bits per heavy atom. The molecule has 0 radical (unpaired) electrons. The molecule has 0 amide bonds. The lowest BCUT2D eigenvalue weighted by Crippen LogP contribution is -2.02. The molecule has 0 N–H and O–H groups in total. The molecule has 0 aliphatic heterocycles. The second-order valence-corrected chi connectivity index (χ2v) is 4.93. The van der Waals surface area contributed by atoms with Crippen molar-refractivity contribution in [2.75, 3.05) is 0 Å². The van der Waals surface area contributed by atoms with Crippen LogP contribution in [0.1, 0.15) is 30.5 Å². The maximum absolute atomic E-state index is 5.40. The number of alkyl halides is 1. The summed E-state index contributed by atoms with van der Waals surface area (Å²) in [4.78, 5) is 0. The molecule has 0 saturated heterocycles. The van der Waals surface area contributed by atoms with E-state index in [4.69, 9.17) is 4.74 Å². The SMILES string of the molecule is CC(C)OCc1cn([C@H](C)I)nn1. The molecular formula is C8H14IN3O. The first-order chi connectivity index (χ1) is 6.09. The van der Waals surface area contributed by atoms with Gasteiger partial charge in [0, 0.05) is 0 Å².